The summed E-state index contributed by atoms with van der Waals surface area (Å²) in [5.41, 5.74) is 0.930. The van der Waals surface area contributed by atoms with Crippen molar-refractivity contribution in [1.29, 1.82) is 0 Å². The monoisotopic (exact) mass is 313 g/mol. The highest BCUT2D eigenvalue weighted by molar-refractivity contribution is 6.32. The van der Waals surface area contributed by atoms with Gasteiger partial charge in [0.15, 0.2) is 11.5 Å². The lowest BCUT2D eigenvalue weighted by molar-refractivity contribution is -0.138. The number of hydrogen-bond donors (Lipinski definition) is 1. The summed E-state index contributed by atoms with van der Waals surface area (Å²) >= 11 is 6.25. The predicted molar refractivity (Wildman–Crippen MR) is 80.3 cm³/mol. The van der Waals surface area contributed by atoms with Crippen molar-refractivity contribution in [2.75, 3.05) is 26.3 Å². The van der Waals surface area contributed by atoms with E-state index in [9.17, 15) is 4.79 Å². The van der Waals surface area contributed by atoms with Crippen LogP contribution in [0, 0.1) is 0 Å². The van der Waals surface area contributed by atoms with Gasteiger partial charge in [-0.15, -0.1) is 0 Å². The topological polar surface area (TPSA) is 59.0 Å². The van der Waals surface area contributed by atoms with Crippen LogP contribution in [0.25, 0.3) is 0 Å². The molecule has 0 amide bonds. The van der Waals surface area contributed by atoms with Crippen molar-refractivity contribution in [1.82, 2.24) is 4.90 Å². The van der Waals surface area contributed by atoms with Gasteiger partial charge in [-0.2, -0.15) is 0 Å². The first kappa shape index (κ1) is 15.9. The first-order valence-corrected chi connectivity index (χ1v) is 7.50. The zero-order chi connectivity index (χ0) is 15.2. The fourth-order valence-electron chi connectivity index (χ4n) is 2.36. The molecule has 0 aliphatic carbocycles. The Kier molecular flexibility index (Phi) is 5.70. The van der Waals surface area contributed by atoms with Crippen LogP contribution in [0.15, 0.2) is 12.1 Å². The lowest BCUT2D eigenvalue weighted by atomic mass is 10.1. The molecule has 1 aromatic rings. The smallest absolute Gasteiger partial charge is 0.317 e. The summed E-state index contributed by atoms with van der Waals surface area (Å²) in [5, 5.41) is 9.47. The summed E-state index contributed by atoms with van der Waals surface area (Å²) in [4.78, 5) is 12.8. The number of aliphatic carboxylic acids is 1. The van der Waals surface area contributed by atoms with E-state index < -0.39 is 5.97 Å². The third kappa shape index (κ3) is 4.51. The third-order valence-electron chi connectivity index (χ3n) is 3.17. The van der Waals surface area contributed by atoms with Crippen LogP contribution in [0.5, 0.6) is 11.5 Å². The Balaban J connectivity index is 2.17. The summed E-state index contributed by atoms with van der Waals surface area (Å²) in [6, 6.07) is 3.70. The number of rotatable bonds is 6. The van der Waals surface area contributed by atoms with Gasteiger partial charge in [0, 0.05) is 13.0 Å². The Morgan fingerprint density at radius 3 is 2.86 bits per heavy atom. The molecule has 21 heavy (non-hydrogen) atoms. The fraction of sp³-hybridized carbons (Fsp3) is 0.533. The summed E-state index contributed by atoms with van der Waals surface area (Å²) in [7, 11) is 0. The Morgan fingerprint density at radius 1 is 1.38 bits per heavy atom. The molecule has 116 valence electrons. The minimum atomic E-state index is -0.830. The molecule has 0 spiro atoms. The van der Waals surface area contributed by atoms with Crippen molar-refractivity contribution in [3.05, 3.63) is 22.7 Å². The number of benzene rings is 1. The largest absolute Gasteiger partial charge is 0.489 e. The Hall–Kier alpha value is -1.46. The minimum Gasteiger partial charge on any atom is -0.489 e. The number of carbonyl (C=O) groups is 1. The highest BCUT2D eigenvalue weighted by atomic mass is 35.5. The van der Waals surface area contributed by atoms with Crippen LogP contribution < -0.4 is 9.47 Å². The molecule has 0 saturated carbocycles. The second-order valence-corrected chi connectivity index (χ2v) is 5.47. The molecule has 0 fully saturated rings. The van der Waals surface area contributed by atoms with Gasteiger partial charge < -0.3 is 14.6 Å². The number of carboxylic acids is 1. The number of hydrogen-bond acceptors (Lipinski definition) is 4. The van der Waals surface area contributed by atoms with Gasteiger partial charge in [-0.05, 0) is 30.7 Å². The third-order valence-corrected chi connectivity index (χ3v) is 3.45. The van der Waals surface area contributed by atoms with Crippen LogP contribution in [0.4, 0.5) is 0 Å². The van der Waals surface area contributed by atoms with E-state index in [1.54, 1.807) is 0 Å². The average molecular weight is 314 g/mol. The molecule has 0 saturated heterocycles. The van der Waals surface area contributed by atoms with Crippen LogP contribution in [0.2, 0.25) is 5.02 Å². The SMILES string of the molecule is CCCN(CC(=O)O)Cc1cc(Cl)c2c(c1)OCCCO2. The maximum Gasteiger partial charge on any atom is 0.317 e. The Bertz CT molecular complexity index is 507. The van der Waals surface area contributed by atoms with Gasteiger partial charge in [0.1, 0.15) is 0 Å². The second-order valence-electron chi connectivity index (χ2n) is 5.06. The first-order chi connectivity index (χ1) is 10.1. The number of fused-ring (bicyclic) bond motifs is 1. The standard InChI is InChI=1S/C15H20ClNO4/c1-2-4-17(10-14(18)19)9-11-7-12(16)15-13(8-11)20-5-3-6-21-15/h7-8H,2-6,9-10H2,1H3,(H,18,19). The van der Waals surface area contributed by atoms with Crippen LogP contribution in [-0.4, -0.2) is 42.3 Å². The molecule has 1 heterocycles. The van der Waals surface area contributed by atoms with Crippen molar-refractivity contribution >= 4 is 17.6 Å². The highest BCUT2D eigenvalue weighted by Gasteiger charge is 2.17. The molecule has 6 heteroatoms. The maximum absolute atomic E-state index is 10.9. The number of carboxylic acid groups (broad SMARTS) is 1. The first-order valence-electron chi connectivity index (χ1n) is 7.12. The molecule has 0 bridgehead atoms. The van der Waals surface area contributed by atoms with Gasteiger partial charge in [-0.25, -0.2) is 0 Å². The molecule has 1 N–H and O–H groups in total. The van der Waals surface area contributed by atoms with E-state index in [0.717, 1.165) is 24.9 Å². The minimum absolute atomic E-state index is 0.0138. The second kappa shape index (κ2) is 7.52. The van der Waals surface area contributed by atoms with E-state index in [0.29, 0.717) is 36.3 Å². The number of nitrogens with zero attached hydrogens (tertiary/aromatic N) is 1. The van der Waals surface area contributed by atoms with Gasteiger partial charge in [-0.3, -0.25) is 9.69 Å². The molecular formula is C15H20ClNO4. The van der Waals surface area contributed by atoms with Crippen LogP contribution in [0.3, 0.4) is 0 Å². The Morgan fingerprint density at radius 2 is 2.14 bits per heavy atom. The summed E-state index contributed by atoms with van der Waals surface area (Å²) in [5.74, 6) is 0.392. The van der Waals surface area contributed by atoms with Crippen molar-refractivity contribution < 1.29 is 19.4 Å². The molecule has 1 aromatic carbocycles. The molecular weight excluding hydrogens is 294 g/mol. The lowest BCUT2D eigenvalue weighted by Crippen LogP contribution is -2.30. The van der Waals surface area contributed by atoms with E-state index in [4.69, 9.17) is 26.2 Å². The molecule has 0 radical (unpaired) electrons. The highest BCUT2D eigenvalue weighted by Crippen LogP contribution is 2.38. The number of ether oxygens (including phenoxy) is 2. The van der Waals surface area contributed by atoms with Crippen LogP contribution in [0.1, 0.15) is 25.3 Å². The average Bonchev–Trinajstić information content (AvgIpc) is 2.63. The van der Waals surface area contributed by atoms with E-state index >= 15 is 0 Å². The molecule has 0 atom stereocenters. The summed E-state index contributed by atoms with van der Waals surface area (Å²) in [6.45, 7) is 4.47. The zero-order valence-corrected chi connectivity index (χ0v) is 12.9. The van der Waals surface area contributed by atoms with Crippen molar-refractivity contribution in [2.45, 2.75) is 26.3 Å². The van der Waals surface area contributed by atoms with Gasteiger partial charge in [0.05, 0.1) is 24.8 Å². The summed E-state index contributed by atoms with van der Waals surface area (Å²) in [6.07, 6.45) is 1.72. The van der Waals surface area contributed by atoms with Gasteiger partial charge >= 0.3 is 5.97 Å². The van der Waals surface area contributed by atoms with Gasteiger partial charge in [0.25, 0.3) is 0 Å². The zero-order valence-electron chi connectivity index (χ0n) is 12.1. The van der Waals surface area contributed by atoms with E-state index in [-0.39, 0.29) is 6.54 Å². The molecule has 5 nitrogen and oxygen atoms in total. The van der Waals surface area contributed by atoms with Crippen LogP contribution in [-0.2, 0) is 11.3 Å². The number of halogens is 1. The fourth-order valence-corrected chi connectivity index (χ4v) is 2.64. The van der Waals surface area contributed by atoms with Crippen LogP contribution >= 0.6 is 11.6 Å². The quantitative estimate of drug-likeness (QED) is 0.875. The van der Waals surface area contributed by atoms with Crippen molar-refractivity contribution in [2.24, 2.45) is 0 Å². The maximum atomic E-state index is 10.9. The molecule has 1 aliphatic heterocycles. The van der Waals surface area contributed by atoms with E-state index in [2.05, 4.69) is 0 Å². The van der Waals surface area contributed by atoms with E-state index in [1.165, 1.54) is 0 Å². The summed E-state index contributed by atoms with van der Waals surface area (Å²) < 4.78 is 11.2. The lowest BCUT2D eigenvalue weighted by Gasteiger charge is -2.20. The molecule has 2 rings (SSSR count). The molecule has 0 aromatic heterocycles. The van der Waals surface area contributed by atoms with Gasteiger partial charge in [-0.1, -0.05) is 18.5 Å². The van der Waals surface area contributed by atoms with Crippen molar-refractivity contribution in [3.63, 3.8) is 0 Å². The normalized spacial score (nSPS) is 14.0. The molecule has 1 aliphatic rings. The van der Waals surface area contributed by atoms with Crippen molar-refractivity contribution in [3.8, 4) is 11.5 Å². The predicted octanol–water partition coefficient (Wildman–Crippen LogP) is 2.80. The Labute approximate surface area is 129 Å². The van der Waals surface area contributed by atoms with Gasteiger partial charge in [0.2, 0.25) is 0 Å². The van der Waals surface area contributed by atoms with E-state index in [1.807, 2.05) is 24.0 Å². The molecule has 0 unspecified atom stereocenters.